The maximum Gasteiger partial charge on any atom is 0.239 e. The molecular weight excluding hydrogens is 222 g/mol. The molecule has 0 bridgehead atoms. The first kappa shape index (κ1) is 12.3. The summed E-state index contributed by atoms with van der Waals surface area (Å²) in [6.07, 6.45) is 3.24. The van der Waals surface area contributed by atoms with E-state index in [-0.39, 0.29) is 29.9 Å². The number of hydrogen-bond donors (Lipinski definition) is 4. The van der Waals surface area contributed by atoms with E-state index in [1.165, 1.54) is 0 Å². The molecule has 6 heteroatoms. The minimum absolute atomic E-state index is 0.0825. The Kier molecular flexibility index (Phi) is 3.35. The van der Waals surface area contributed by atoms with Crippen molar-refractivity contribution in [1.29, 1.82) is 0 Å². The number of nitrogens with two attached hydrogens (primary N) is 1. The van der Waals surface area contributed by atoms with E-state index < -0.39 is 6.04 Å². The number of β-lactam (4-membered cyclic amide) rings is 1. The summed E-state index contributed by atoms with van der Waals surface area (Å²) in [5, 5.41) is 14.3. The van der Waals surface area contributed by atoms with Gasteiger partial charge < -0.3 is 21.5 Å². The minimum Gasteiger partial charge on any atom is -0.394 e. The number of hydrogen-bond acceptors (Lipinski definition) is 4. The number of carbonyl (C=O) groups excluding carboxylic acids is 2. The second kappa shape index (κ2) is 4.62. The van der Waals surface area contributed by atoms with Crippen LogP contribution in [0.15, 0.2) is 0 Å². The summed E-state index contributed by atoms with van der Waals surface area (Å²) in [6, 6.07) is -0.767. The third-order valence-electron chi connectivity index (χ3n) is 3.89. The van der Waals surface area contributed by atoms with Crippen LogP contribution in [-0.2, 0) is 9.59 Å². The van der Waals surface area contributed by atoms with E-state index >= 15 is 0 Å². The third kappa shape index (κ3) is 2.28. The van der Waals surface area contributed by atoms with Gasteiger partial charge in [-0.1, -0.05) is 0 Å². The molecule has 1 aliphatic heterocycles. The van der Waals surface area contributed by atoms with Crippen LogP contribution in [-0.4, -0.2) is 42.2 Å². The van der Waals surface area contributed by atoms with Crippen molar-refractivity contribution in [3.8, 4) is 0 Å². The number of nitrogens with one attached hydrogen (secondary N) is 2. The van der Waals surface area contributed by atoms with Crippen molar-refractivity contribution >= 4 is 11.8 Å². The van der Waals surface area contributed by atoms with Crippen LogP contribution in [0.2, 0.25) is 0 Å². The minimum atomic E-state index is -0.849. The molecule has 2 aliphatic rings. The van der Waals surface area contributed by atoms with Gasteiger partial charge in [-0.3, -0.25) is 9.59 Å². The van der Waals surface area contributed by atoms with Crippen LogP contribution in [0, 0.1) is 5.41 Å². The Morgan fingerprint density at radius 2 is 2.24 bits per heavy atom. The number of carbonyl (C=O) groups is 2. The first-order valence-corrected chi connectivity index (χ1v) is 6.02. The number of rotatable bonds is 3. The SMILES string of the molecule is NC(CO)C(=O)NC1CCC2(CC1)CNC2=O. The molecule has 0 aromatic rings. The Labute approximate surface area is 99.9 Å². The molecule has 5 N–H and O–H groups in total. The molecule has 1 aliphatic carbocycles. The smallest absolute Gasteiger partial charge is 0.239 e. The summed E-state index contributed by atoms with van der Waals surface area (Å²) < 4.78 is 0. The largest absolute Gasteiger partial charge is 0.394 e. The Bertz CT molecular complexity index is 324. The third-order valence-corrected chi connectivity index (χ3v) is 3.89. The molecule has 1 spiro atoms. The highest BCUT2D eigenvalue weighted by molar-refractivity contribution is 5.88. The van der Waals surface area contributed by atoms with Crippen LogP contribution in [0.5, 0.6) is 0 Å². The summed E-state index contributed by atoms with van der Waals surface area (Å²) in [4.78, 5) is 22.9. The molecule has 1 unspecified atom stereocenters. The van der Waals surface area contributed by atoms with E-state index in [9.17, 15) is 9.59 Å². The van der Waals surface area contributed by atoms with Crippen LogP contribution in [0.4, 0.5) is 0 Å². The molecule has 0 radical (unpaired) electrons. The van der Waals surface area contributed by atoms with Crippen molar-refractivity contribution in [2.45, 2.75) is 37.8 Å². The standard InChI is InChI=1S/C11H19N3O3/c12-8(5-15)9(16)14-7-1-3-11(4-2-7)6-13-10(11)17/h7-8,15H,1-6,12H2,(H,13,17)(H,14,16). The van der Waals surface area contributed by atoms with Gasteiger partial charge in [0.15, 0.2) is 0 Å². The van der Waals surface area contributed by atoms with Crippen LogP contribution in [0.1, 0.15) is 25.7 Å². The Morgan fingerprint density at radius 1 is 1.59 bits per heavy atom. The van der Waals surface area contributed by atoms with Crippen LogP contribution >= 0.6 is 0 Å². The summed E-state index contributed by atoms with van der Waals surface area (Å²) >= 11 is 0. The lowest BCUT2D eigenvalue weighted by atomic mass is 9.68. The molecule has 1 saturated carbocycles. The second-order valence-corrected chi connectivity index (χ2v) is 5.03. The van der Waals surface area contributed by atoms with Crippen LogP contribution in [0.25, 0.3) is 0 Å². The molecular formula is C11H19N3O3. The number of amides is 2. The first-order chi connectivity index (χ1) is 8.07. The molecule has 2 amide bonds. The number of aliphatic hydroxyl groups is 1. The maximum absolute atomic E-state index is 11.5. The normalized spacial score (nSPS) is 33.8. The van der Waals surface area contributed by atoms with Gasteiger partial charge in [0.05, 0.1) is 12.0 Å². The molecule has 2 fully saturated rings. The van der Waals surface area contributed by atoms with Gasteiger partial charge in [-0.2, -0.15) is 0 Å². The van der Waals surface area contributed by atoms with E-state index in [2.05, 4.69) is 10.6 Å². The first-order valence-electron chi connectivity index (χ1n) is 6.02. The van der Waals surface area contributed by atoms with Gasteiger partial charge >= 0.3 is 0 Å². The molecule has 0 aromatic heterocycles. The van der Waals surface area contributed by atoms with E-state index in [0.29, 0.717) is 0 Å². The van der Waals surface area contributed by atoms with Crippen molar-refractivity contribution in [3.05, 3.63) is 0 Å². The summed E-state index contributed by atoms with van der Waals surface area (Å²) in [5.41, 5.74) is 5.25. The molecule has 2 rings (SSSR count). The number of aliphatic hydroxyl groups excluding tert-OH is 1. The zero-order valence-corrected chi connectivity index (χ0v) is 9.74. The summed E-state index contributed by atoms with van der Waals surface area (Å²) in [7, 11) is 0. The topological polar surface area (TPSA) is 104 Å². The van der Waals surface area contributed by atoms with Gasteiger partial charge in [-0.05, 0) is 25.7 Å². The molecule has 1 heterocycles. The Morgan fingerprint density at radius 3 is 2.65 bits per heavy atom. The molecule has 6 nitrogen and oxygen atoms in total. The van der Waals surface area contributed by atoms with E-state index in [1.807, 2.05) is 0 Å². The average molecular weight is 241 g/mol. The van der Waals surface area contributed by atoms with E-state index in [1.54, 1.807) is 0 Å². The fraction of sp³-hybridized carbons (Fsp3) is 0.818. The average Bonchev–Trinajstić information content (AvgIpc) is 2.36. The lowest BCUT2D eigenvalue weighted by Crippen LogP contribution is -2.61. The van der Waals surface area contributed by atoms with Crippen molar-refractivity contribution in [3.63, 3.8) is 0 Å². The molecule has 17 heavy (non-hydrogen) atoms. The predicted octanol–water partition coefficient (Wildman–Crippen LogP) is -1.52. The Balaban J connectivity index is 1.79. The molecule has 0 aromatic carbocycles. The molecule has 96 valence electrons. The summed E-state index contributed by atoms with van der Waals surface area (Å²) in [5.74, 6) is -0.166. The van der Waals surface area contributed by atoms with Crippen LogP contribution in [0.3, 0.4) is 0 Å². The lowest BCUT2D eigenvalue weighted by molar-refractivity contribution is -0.143. The van der Waals surface area contributed by atoms with Gasteiger partial charge in [0.25, 0.3) is 0 Å². The summed E-state index contributed by atoms with van der Waals surface area (Å²) in [6.45, 7) is 0.424. The second-order valence-electron chi connectivity index (χ2n) is 5.03. The fourth-order valence-electron chi connectivity index (χ4n) is 2.52. The van der Waals surface area contributed by atoms with Crippen molar-refractivity contribution in [1.82, 2.24) is 10.6 Å². The highest BCUT2D eigenvalue weighted by Crippen LogP contribution is 2.40. The molecule has 1 atom stereocenters. The van der Waals surface area contributed by atoms with E-state index in [4.69, 9.17) is 10.8 Å². The fourth-order valence-corrected chi connectivity index (χ4v) is 2.52. The van der Waals surface area contributed by atoms with Crippen molar-refractivity contribution in [2.24, 2.45) is 11.1 Å². The van der Waals surface area contributed by atoms with Crippen molar-refractivity contribution < 1.29 is 14.7 Å². The highest BCUT2D eigenvalue weighted by Gasteiger charge is 2.48. The van der Waals surface area contributed by atoms with E-state index in [0.717, 1.165) is 32.2 Å². The quantitative estimate of drug-likeness (QED) is 0.450. The maximum atomic E-state index is 11.5. The molecule has 1 saturated heterocycles. The van der Waals surface area contributed by atoms with Crippen LogP contribution < -0.4 is 16.4 Å². The lowest BCUT2D eigenvalue weighted by Gasteiger charge is -2.45. The van der Waals surface area contributed by atoms with Gasteiger partial charge in [0.1, 0.15) is 6.04 Å². The van der Waals surface area contributed by atoms with Crippen molar-refractivity contribution in [2.75, 3.05) is 13.2 Å². The van der Waals surface area contributed by atoms with Gasteiger partial charge in [-0.15, -0.1) is 0 Å². The van der Waals surface area contributed by atoms with Gasteiger partial charge in [0.2, 0.25) is 11.8 Å². The van der Waals surface area contributed by atoms with Gasteiger partial charge in [0, 0.05) is 12.6 Å². The zero-order valence-electron chi connectivity index (χ0n) is 9.74. The van der Waals surface area contributed by atoms with Gasteiger partial charge in [-0.25, -0.2) is 0 Å². The predicted molar refractivity (Wildman–Crippen MR) is 60.9 cm³/mol. The Hall–Kier alpha value is -1.14. The highest BCUT2D eigenvalue weighted by atomic mass is 16.3. The zero-order chi connectivity index (χ0) is 12.5. The monoisotopic (exact) mass is 241 g/mol.